The minimum Gasteiger partial charge on any atom is -0.388 e. The second-order valence-electron chi connectivity index (χ2n) is 5.01. The molecule has 20 heavy (non-hydrogen) atoms. The molecule has 0 saturated heterocycles. The van der Waals surface area contributed by atoms with E-state index in [1.165, 1.54) is 0 Å². The maximum absolute atomic E-state index is 11.9. The van der Waals surface area contributed by atoms with Crippen LogP contribution in [0.2, 0.25) is 0 Å². The quantitative estimate of drug-likeness (QED) is 0.741. The Hall–Kier alpha value is -2.04. The van der Waals surface area contributed by atoms with Gasteiger partial charge in [-0.25, -0.2) is 0 Å². The summed E-state index contributed by atoms with van der Waals surface area (Å²) in [5.74, 6) is -0.213. The van der Waals surface area contributed by atoms with Gasteiger partial charge in [-0.15, -0.1) is 0 Å². The lowest BCUT2D eigenvalue weighted by Crippen LogP contribution is -2.34. The van der Waals surface area contributed by atoms with Gasteiger partial charge >= 0.3 is 0 Å². The third-order valence-electron chi connectivity index (χ3n) is 2.85. The number of carbonyl (C=O) groups is 2. The molecule has 3 N–H and O–H groups in total. The highest BCUT2D eigenvalue weighted by Crippen LogP contribution is 2.15. The fourth-order valence-electron chi connectivity index (χ4n) is 1.87. The van der Waals surface area contributed by atoms with Crippen molar-refractivity contribution < 1.29 is 9.59 Å². The zero-order valence-electron chi connectivity index (χ0n) is 12.5. The van der Waals surface area contributed by atoms with Gasteiger partial charge in [0.05, 0.1) is 0 Å². The van der Waals surface area contributed by atoms with Crippen LogP contribution in [0.3, 0.4) is 0 Å². The summed E-state index contributed by atoms with van der Waals surface area (Å²) < 4.78 is 0. The first-order valence-electron chi connectivity index (χ1n) is 6.80. The van der Waals surface area contributed by atoms with Crippen molar-refractivity contribution in [2.24, 2.45) is 0 Å². The highest BCUT2D eigenvalue weighted by molar-refractivity contribution is 5.95. The Labute approximate surface area is 120 Å². The summed E-state index contributed by atoms with van der Waals surface area (Å²) in [6, 6.07) is 5.59. The largest absolute Gasteiger partial charge is 0.388 e. The molecular formula is C15H23N3O2. The molecular weight excluding hydrogens is 254 g/mol. The van der Waals surface area contributed by atoms with Crippen molar-refractivity contribution >= 4 is 17.5 Å². The number of nitrogens with one attached hydrogen (secondary N) is 3. The molecule has 110 valence electrons. The van der Waals surface area contributed by atoms with Crippen LogP contribution in [-0.2, 0) is 4.79 Å². The topological polar surface area (TPSA) is 70.2 Å². The lowest BCUT2D eigenvalue weighted by atomic mass is 10.1. The molecule has 0 aliphatic heterocycles. The van der Waals surface area contributed by atoms with E-state index in [-0.39, 0.29) is 24.3 Å². The van der Waals surface area contributed by atoms with Crippen molar-refractivity contribution in [3.05, 3.63) is 29.3 Å². The molecule has 0 bridgehead atoms. The van der Waals surface area contributed by atoms with Crippen LogP contribution in [0.25, 0.3) is 0 Å². The molecule has 0 radical (unpaired) electrons. The number of rotatable bonds is 6. The van der Waals surface area contributed by atoms with E-state index in [1.54, 1.807) is 6.07 Å². The average molecular weight is 277 g/mol. The lowest BCUT2D eigenvalue weighted by molar-refractivity contribution is -0.121. The Kier molecular flexibility index (Phi) is 6.03. The summed E-state index contributed by atoms with van der Waals surface area (Å²) in [4.78, 5) is 23.4. The van der Waals surface area contributed by atoms with E-state index in [9.17, 15) is 9.59 Å². The molecule has 1 aromatic rings. The van der Waals surface area contributed by atoms with Crippen LogP contribution in [0.1, 0.15) is 36.2 Å². The van der Waals surface area contributed by atoms with E-state index in [0.717, 1.165) is 11.3 Å². The maximum atomic E-state index is 11.9. The smallest absolute Gasteiger partial charge is 0.251 e. The number of hydrogen-bond acceptors (Lipinski definition) is 3. The molecule has 0 aliphatic carbocycles. The average Bonchev–Trinajstić information content (AvgIpc) is 2.37. The third kappa shape index (κ3) is 4.91. The SMILES string of the molecule is CNc1ccc(C(=O)NCCC(=O)NC(C)C)cc1C. The molecule has 1 rings (SSSR count). The van der Waals surface area contributed by atoms with E-state index in [4.69, 9.17) is 0 Å². The predicted molar refractivity (Wildman–Crippen MR) is 81.0 cm³/mol. The van der Waals surface area contributed by atoms with Crippen LogP contribution >= 0.6 is 0 Å². The molecule has 0 spiro atoms. The molecule has 1 aromatic carbocycles. The van der Waals surface area contributed by atoms with Gasteiger partial charge in [-0.2, -0.15) is 0 Å². The zero-order valence-corrected chi connectivity index (χ0v) is 12.5. The van der Waals surface area contributed by atoms with Gasteiger partial charge in [0.1, 0.15) is 0 Å². The molecule has 0 aromatic heterocycles. The van der Waals surface area contributed by atoms with Gasteiger partial charge in [-0.3, -0.25) is 9.59 Å². The molecule has 0 fully saturated rings. The van der Waals surface area contributed by atoms with Gasteiger partial charge in [-0.1, -0.05) is 0 Å². The Morgan fingerprint density at radius 1 is 1.25 bits per heavy atom. The molecule has 0 atom stereocenters. The third-order valence-corrected chi connectivity index (χ3v) is 2.85. The number of hydrogen-bond donors (Lipinski definition) is 3. The van der Waals surface area contributed by atoms with Crippen molar-refractivity contribution in [1.82, 2.24) is 10.6 Å². The van der Waals surface area contributed by atoms with Crippen molar-refractivity contribution in [3.8, 4) is 0 Å². The second-order valence-corrected chi connectivity index (χ2v) is 5.01. The highest BCUT2D eigenvalue weighted by Gasteiger charge is 2.08. The summed E-state index contributed by atoms with van der Waals surface area (Å²) in [5, 5.41) is 8.58. The Morgan fingerprint density at radius 3 is 2.50 bits per heavy atom. The second kappa shape index (κ2) is 7.53. The Balaban J connectivity index is 2.47. The number of amides is 2. The summed E-state index contributed by atoms with van der Waals surface area (Å²) in [6.07, 6.45) is 0.289. The minimum atomic E-state index is -0.159. The molecule has 2 amide bonds. The fourth-order valence-corrected chi connectivity index (χ4v) is 1.87. The lowest BCUT2D eigenvalue weighted by Gasteiger charge is -2.10. The highest BCUT2D eigenvalue weighted by atomic mass is 16.2. The maximum Gasteiger partial charge on any atom is 0.251 e. The van der Waals surface area contributed by atoms with Gasteiger partial charge in [0.15, 0.2) is 0 Å². The van der Waals surface area contributed by atoms with Gasteiger partial charge < -0.3 is 16.0 Å². The standard InChI is InChI=1S/C15H23N3O2/c1-10(2)18-14(19)7-8-17-15(20)12-5-6-13(16-4)11(3)9-12/h5-6,9-10,16H,7-8H2,1-4H3,(H,17,20)(H,18,19). The van der Waals surface area contributed by atoms with E-state index >= 15 is 0 Å². The van der Waals surface area contributed by atoms with Crippen LogP contribution in [-0.4, -0.2) is 31.4 Å². The van der Waals surface area contributed by atoms with Crippen LogP contribution in [0, 0.1) is 6.92 Å². The summed E-state index contributed by atoms with van der Waals surface area (Å²) in [7, 11) is 1.84. The van der Waals surface area contributed by atoms with Crippen molar-refractivity contribution in [3.63, 3.8) is 0 Å². The number of anilines is 1. The monoisotopic (exact) mass is 277 g/mol. The zero-order chi connectivity index (χ0) is 15.1. The van der Waals surface area contributed by atoms with Gasteiger partial charge in [-0.05, 0) is 44.5 Å². The molecule has 5 nitrogen and oxygen atoms in total. The first kappa shape index (κ1) is 16.0. The van der Waals surface area contributed by atoms with Crippen molar-refractivity contribution in [2.75, 3.05) is 18.9 Å². The van der Waals surface area contributed by atoms with E-state index in [2.05, 4.69) is 16.0 Å². The predicted octanol–water partition coefficient (Wildman–Crippen LogP) is 1.68. The van der Waals surface area contributed by atoms with Crippen LogP contribution in [0.4, 0.5) is 5.69 Å². The number of benzene rings is 1. The summed E-state index contributed by atoms with van der Waals surface area (Å²) >= 11 is 0. The summed E-state index contributed by atoms with van der Waals surface area (Å²) in [5.41, 5.74) is 2.61. The van der Waals surface area contributed by atoms with Crippen LogP contribution in [0.15, 0.2) is 18.2 Å². The van der Waals surface area contributed by atoms with Gasteiger partial charge in [0.25, 0.3) is 5.91 Å². The van der Waals surface area contributed by atoms with E-state index in [1.807, 2.05) is 40.0 Å². The first-order chi connectivity index (χ1) is 9.43. The molecule has 0 heterocycles. The van der Waals surface area contributed by atoms with E-state index < -0.39 is 0 Å². The molecule has 0 saturated carbocycles. The Bertz CT molecular complexity index is 484. The Morgan fingerprint density at radius 2 is 1.95 bits per heavy atom. The summed E-state index contributed by atoms with van der Waals surface area (Å²) in [6.45, 7) is 6.09. The van der Waals surface area contributed by atoms with Crippen molar-refractivity contribution in [1.29, 1.82) is 0 Å². The first-order valence-corrected chi connectivity index (χ1v) is 6.80. The van der Waals surface area contributed by atoms with Crippen LogP contribution in [0.5, 0.6) is 0 Å². The van der Waals surface area contributed by atoms with Crippen molar-refractivity contribution in [2.45, 2.75) is 33.2 Å². The normalized spacial score (nSPS) is 10.2. The molecule has 5 heteroatoms. The fraction of sp³-hybridized carbons (Fsp3) is 0.467. The molecule has 0 aliphatic rings. The van der Waals surface area contributed by atoms with Gasteiger partial charge in [0.2, 0.25) is 5.91 Å². The number of aryl methyl sites for hydroxylation is 1. The molecule has 0 unspecified atom stereocenters. The van der Waals surface area contributed by atoms with Crippen LogP contribution < -0.4 is 16.0 Å². The van der Waals surface area contributed by atoms with Gasteiger partial charge in [0, 0.05) is 37.3 Å². The van der Waals surface area contributed by atoms with E-state index in [0.29, 0.717) is 12.1 Å². The minimum absolute atomic E-state index is 0.0537. The number of carbonyl (C=O) groups excluding carboxylic acids is 2.